The van der Waals surface area contributed by atoms with Crippen LogP contribution in [0, 0.1) is 0 Å². The van der Waals surface area contributed by atoms with E-state index in [9.17, 15) is 4.79 Å². The number of hydrogen-bond acceptors (Lipinski definition) is 2. The van der Waals surface area contributed by atoms with Crippen LogP contribution in [-0.2, 0) is 0 Å². The fraction of sp³-hybridized carbons (Fsp3) is 0.133. The molecule has 0 heterocycles. The number of carbonyl (C=O) groups excluding carboxylic acids is 1. The van der Waals surface area contributed by atoms with Gasteiger partial charge in [0, 0.05) is 25.5 Å². The van der Waals surface area contributed by atoms with Gasteiger partial charge >= 0.3 is 6.03 Å². The van der Waals surface area contributed by atoms with Gasteiger partial charge in [-0.2, -0.15) is 0 Å². The molecule has 2 amide bonds. The van der Waals surface area contributed by atoms with Crippen molar-refractivity contribution in [2.24, 2.45) is 0 Å². The van der Waals surface area contributed by atoms with Crippen molar-refractivity contribution in [3.8, 4) is 11.1 Å². The number of carbonyl (C=O) groups is 1. The van der Waals surface area contributed by atoms with Gasteiger partial charge in [-0.25, -0.2) is 4.79 Å². The summed E-state index contributed by atoms with van der Waals surface area (Å²) in [6, 6.07) is 15.3. The Morgan fingerprint density at radius 3 is 1.89 bits per heavy atom. The van der Waals surface area contributed by atoms with Crippen LogP contribution in [0.15, 0.2) is 48.5 Å². The fourth-order valence-electron chi connectivity index (χ4n) is 1.66. The molecule has 2 rings (SSSR count). The SMILES string of the molecule is CN(C)C(=O)Nc1ccc(-c2ccc(N)cc2)cc1. The van der Waals surface area contributed by atoms with E-state index in [4.69, 9.17) is 5.73 Å². The van der Waals surface area contributed by atoms with E-state index in [1.54, 1.807) is 14.1 Å². The predicted octanol–water partition coefficient (Wildman–Crippen LogP) is 3.03. The van der Waals surface area contributed by atoms with Crippen LogP contribution in [0.1, 0.15) is 0 Å². The van der Waals surface area contributed by atoms with Gasteiger partial charge in [0.25, 0.3) is 0 Å². The number of amides is 2. The molecule has 0 unspecified atom stereocenters. The summed E-state index contributed by atoms with van der Waals surface area (Å²) in [6.45, 7) is 0. The van der Waals surface area contributed by atoms with E-state index in [-0.39, 0.29) is 6.03 Å². The minimum absolute atomic E-state index is 0.139. The Labute approximate surface area is 112 Å². The standard InChI is InChI=1S/C15H17N3O/c1-18(2)15(19)17-14-9-5-12(6-10-14)11-3-7-13(16)8-4-11/h3-10H,16H2,1-2H3,(H,17,19). The monoisotopic (exact) mass is 255 g/mol. The minimum Gasteiger partial charge on any atom is -0.399 e. The van der Waals surface area contributed by atoms with E-state index in [2.05, 4.69) is 5.32 Å². The maximum absolute atomic E-state index is 11.5. The highest BCUT2D eigenvalue weighted by Crippen LogP contribution is 2.22. The van der Waals surface area contributed by atoms with E-state index in [0.29, 0.717) is 0 Å². The first-order chi connectivity index (χ1) is 9.06. The number of rotatable bonds is 2. The molecule has 0 radical (unpaired) electrons. The third-order valence-electron chi connectivity index (χ3n) is 2.79. The first-order valence-electron chi connectivity index (χ1n) is 6.00. The van der Waals surface area contributed by atoms with Gasteiger partial charge in [-0.1, -0.05) is 24.3 Å². The molecule has 4 heteroatoms. The predicted molar refractivity (Wildman–Crippen MR) is 79.0 cm³/mol. The highest BCUT2D eigenvalue weighted by molar-refractivity contribution is 5.89. The number of urea groups is 1. The number of nitrogens with one attached hydrogen (secondary N) is 1. The van der Waals surface area contributed by atoms with Crippen LogP contribution in [0.3, 0.4) is 0 Å². The summed E-state index contributed by atoms with van der Waals surface area (Å²) in [4.78, 5) is 13.0. The van der Waals surface area contributed by atoms with Crippen molar-refractivity contribution in [2.45, 2.75) is 0 Å². The molecule has 2 aromatic rings. The van der Waals surface area contributed by atoms with Crippen LogP contribution in [0.2, 0.25) is 0 Å². The zero-order valence-electron chi connectivity index (χ0n) is 11.1. The molecule has 2 aromatic carbocycles. The number of hydrogen-bond donors (Lipinski definition) is 2. The third kappa shape index (κ3) is 3.25. The number of nitrogens with zero attached hydrogens (tertiary/aromatic N) is 1. The second-order valence-corrected chi connectivity index (χ2v) is 4.52. The molecule has 0 aliphatic rings. The lowest BCUT2D eigenvalue weighted by Gasteiger charge is -2.12. The molecule has 19 heavy (non-hydrogen) atoms. The summed E-state index contributed by atoms with van der Waals surface area (Å²) in [5.41, 5.74) is 9.37. The van der Waals surface area contributed by atoms with Gasteiger partial charge in [-0.15, -0.1) is 0 Å². The smallest absolute Gasteiger partial charge is 0.321 e. The molecular weight excluding hydrogens is 238 g/mol. The fourth-order valence-corrected chi connectivity index (χ4v) is 1.66. The summed E-state index contributed by atoms with van der Waals surface area (Å²) in [7, 11) is 3.41. The summed E-state index contributed by atoms with van der Waals surface area (Å²) < 4.78 is 0. The van der Waals surface area contributed by atoms with Crippen molar-refractivity contribution in [3.63, 3.8) is 0 Å². The average Bonchev–Trinajstić information content (AvgIpc) is 2.40. The van der Waals surface area contributed by atoms with Gasteiger partial charge in [0.15, 0.2) is 0 Å². The highest BCUT2D eigenvalue weighted by Gasteiger charge is 2.04. The van der Waals surface area contributed by atoms with E-state index < -0.39 is 0 Å². The topological polar surface area (TPSA) is 58.4 Å². The normalized spacial score (nSPS) is 10.0. The number of benzene rings is 2. The first-order valence-corrected chi connectivity index (χ1v) is 6.00. The molecule has 98 valence electrons. The van der Waals surface area contributed by atoms with E-state index in [1.165, 1.54) is 4.90 Å². The minimum atomic E-state index is -0.139. The Balaban J connectivity index is 2.14. The molecule has 0 aromatic heterocycles. The maximum Gasteiger partial charge on any atom is 0.321 e. The zero-order chi connectivity index (χ0) is 13.8. The third-order valence-corrected chi connectivity index (χ3v) is 2.79. The summed E-state index contributed by atoms with van der Waals surface area (Å²) in [6.07, 6.45) is 0. The molecule has 3 N–H and O–H groups in total. The molecule has 0 aliphatic carbocycles. The van der Waals surface area contributed by atoms with Crippen molar-refractivity contribution in [1.29, 1.82) is 0 Å². The van der Waals surface area contributed by atoms with Gasteiger partial charge < -0.3 is 16.0 Å². The molecule has 0 atom stereocenters. The molecule has 0 fully saturated rings. The van der Waals surface area contributed by atoms with Gasteiger partial charge in [-0.05, 0) is 35.4 Å². The van der Waals surface area contributed by atoms with Gasteiger partial charge in [0.1, 0.15) is 0 Å². The Bertz CT molecular complexity index is 559. The second-order valence-electron chi connectivity index (χ2n) is 4.52. The number of anilines is 2. The van der Waals surface area contributed by atoms with Crippen LogP contribution >= 0.6 is 0 Å². The average molecular weight is 255 g/mol. The molecule has 0 saturated heterocycles. The Kier molecular flexibility index (Phi) is 3.71. The van der Waals surface area contributed by atoms with E-state index >= 15 is 0 Å². The van der Waals surface area contributed by atoms with Gasteiger partial charge in [-0.3, -0.25) is 0 Å². The Morgan fingerprint density at radius 2 is 1.42 bits per heavy atom. The second kappa shape index (κ2) is 5.44. The zero-order valence-corrected chi connectivity index (χ0v) is 11.1. The molecule has 0 spiro atoms. The lowest BCUT2D eigenvalue weighted by atomic mass is 10.1. The van der Waals surface area contributed by atoms with Crippen LogP contribution < -0.4 is 11.1 Å². The molecule has 0 saturated carbocycles. The highest BCUT2D eigenvalue weighted by atomic mass is 16.2. The maximum atomic E-state index is 11.5. The summed E-state index contributed by atoms with van der Waals surface area (Å²) in [5.74, 6) is 0. The van der Waals surface area contributed by atoms with Crippen molar-refractivity contribution in [3.05, 3.63) is 48.5 Å². The van der Waals surface area contributed by atoms with Crippen LogP contribution in [-0.4, -0.2) is 25.0 Å². The quantitative estimate of drug-likeness (QED) is 0.810. The van der Waals surface area contributed by atoms with Gasteiger partial charge in [0.05, 0.1) is 0 Å². The van der Waals surface area contributed by atoms with Crippen LogP contribution in [0.25, 0.3) is 11.1 Å². The Morgan fingerprint density at radius 1 is 0.947 bits per heavy atom. The lowest BCUT2D eigenvalue weighted by Crippen LogP contribution is -2.27. The largest absolute Gasteiger partial charge is 0.399 e. The first kappa shape index (κ1) is 13.0. The van der Waals surface area contributed by atoms with E-state index in [0.717, 1.165) is 22.5 Å². The molecule has 0 bridgehead atoms. The van der Waals surface area contributed by atoms with Crippen LogP contribution in [0.4, 0.5) is 16.2 Å². The number of nitrogen functional groups attached to an aromatic ring is 1. The molecule has 4 nitrogen and oxygen atoms in total. The molecular formula is C15H17N3O. The van der Waals surface area contributed by atoms with Gasteiger partial charge in [0.2, 0.25) is 0 Å². The van der Waals surface area contributed by atoms with Crippen molar-refractivity contribution < 1.29 is 4.79 Å². The van der Waals surface area contributed by atoms with Crippen LogP contribution in [0.5, 0.6) is 0 Å². The summed E-state index contributed by atoms with van der Waals surface area (Å²) >= 11 is 0. The lowest BCUT2D eigenvalue weighted by molar-refractivity contribution is 0.230. The van der Waals surface area contributed by atoms with Crippen molar-refractivity contribution in [1.82, 2.24) is 4.90 Å². The van der Waals surface area contributed by atoms with E-state index in [1.807, 2.05) is 48.5 Å². The Hall–Kier alpha value is -2.49. The van der Waals surface area contributed by atoms with Crippen molar-refractivity contribution in [2.75, 3.05) is 25.1 Å². The molecule has 0 aliphatic heterocycles. The van der Waals surface area contributed by atoms with Crippen molar-refractivity contribution >= 4 is 17.4 Å². The summed E-state index contributed by atoms with van der Waals surface area (Å²) in [5, 5.41) is 2.80. The number of nitrogens with two attached hydrogens (primary N) is 1.